The molecule has 0 bridgehead atoms. The summed E-state index contributed by atoms with van der Waals surface area (Å²) in [5.74, 6) is 0.131. The molecule has 90 valence electrons. The molecule has 0 unspecified atom stereocenters. The fourth-order valence-corrected chi connectivity index (χ4v) is 1.39. The highest BCUT2D eigenvalue weighted by Crippen LogP contribution is 2.06. The first-order valence-corrected chi connectivity index (χ1v) is 5.45. The Kier molecular flexibility index (Phi) is 4.98. The largest absolute Gasteiger partial charge is 0.396 e. The standard InChI is InChI=1S/C11H18N2O3/c1-9-8-10(16-12-9)11(15)13(2)6-4-3-5-7-14/h8,14H,3-7H2,1-2H3. The molecule has 0 aliphatic rings. The molecule has 0 aromatic carbocycles. The Labute approximate surface area is 95.0 Å². The number of unbranched alkanes of at least 4 members (excludes halogenated alkanes) is 2. The zero-order valence-corrected chi connectivity index (χ0v) is 9.77. The number of amides is 1. The summed E-state index contributed by atoms with van der Waals surface area (Å²) in [6, 6.07) is 1.63. The molecule has 1 N–H and O–H groups in total. The van der Waals surface area contributed by atoms with Gasteiger partial charge in [0.05, 0.1) is 5.69 Å². The van der Waals surface area contributed by atoms with Gasteiger partial charge in [-0.15, -0.1) is 0 Å². The lowest BCUT2D eigenvalue weighted by molar-refractivity contribution is 0.0751. The molecule has 0 atom stereocenters. The van der Waals surface area contributed by atoms with Gasteiger partial charge in [-0.3, -0.25) is 4.79 Å². The molecule has 0 fully saturated rings. The fourth-order valence-electron chi connectivity index (χ4n) is 1.39. The second-order valence-corrected chi connectivity index (χ2v) is 3.84. The summed E-state index contributed by atoms with van der Waals surface area (Å²) in [4.78, 5) is 13.4. The zero-order chi connectivity index (χ0) is 12.0. The molecule has 1 heterocycles. The van der Waals surface area contributed by atoms with Gasteiger partial charge in [0.1, 0.15) is 0 Å². The van der Waals surface area contributed by atoms with Gasteiger partial charge in [0.25, 0.3) is 5.91 Å². The third kappa shape index (κ3) is 3.66. The predicted molar refractivity (Wildman–Crippen MR) is 59.1 cm³/mol. The van der Waals surface area contributed by atoms with Gasteiger partial charge < -0.3 is 14.5 Å². The van der Waals surface area contributed by atoms with Crippen LogP contribution in [0.2, 0.25) is 0 Å². The lowest BCUT2D eigenvalue weighted by Crippen LogP contribution is -2.27. The lowest BCUT2D eigenvalue weighted by atomic mass is 10.2. The number of rotatable bonds is 6. The van der Waals surface area contributed by atoms with E-state index in [0.29, 0.717) is 12.2 Å². The maximum Gasteiger partial charge on any atom is 0.292 e. The van der Waals surface area contributed by atoms with Gasteiger partial charge in [-0.25, -0.2) is 0 Å². The van der Waals surface area contributed by atoms with E-state index in [-0.39, 0.29) is 18.3 Å². The van der Waals surface area contributed by atoms with Gasteiger partial charge in [0.2, 0.25) is 5.76 Å². The minimum Gasteiger partial charge on any atom is -0.396 e. The van der Waals surface area contributed by atoms with Crippen molar-refractivity contribution in [1.82, 2.24) is 10.1 Å². The van der Waals surface area contributed by atoms with E-state index in [1.54, 1.807) is 24.9 Å². The topological polar surface area (TPSA) is 66.6 Å². The Hall–Kier alpha value is -1.36. The van der Waals surface area contributed by atoms with Gasteiger partial charge in [-0.05, 0) is 26.2 Å². The number of aliphatic hydroxyl groups excluding tert-OH is 1. The van der Waals surface area contributed by atoms with Crippen LogP contribution < -0.4 is 0 Å². The van der Waals surface area contributed by atoms with Crippen LogP contribution in [0.1, 0.15) is 35.5 Å². The van der Waals surface area contributed by atoms with Crippen molar-refractivity contribution in [2.75, 3.05) is 20.2 Å². The zero-order valence-electron chi connectivity index (χ0n) is 9.77. The molecule has 0 saturated heterocycles. The first-order valence-electron chi connectivity index (χ1n) is 5.45. The normalized spacial score (nSPS) is 10.4. The lowest BCUT2D eigenvalue weighted by Gasteiger charge is -2.14. The van der Waals surface area contributed by atoms with Crippen molar-refractivity contribution >= 4 is 5.91 Å². The van der Waals surface area contributed by atoms with Gasteiger partial charge >= 0.3 is 0 Å². The molecule has 0 aliphatic heterocycles. The number of hydrogen-bond donors (Lipinski definition) is 1. The van der Waals surface area contributed by atoms with Crippen molar-refractivity contribution in [2.24, 2.45) is 0 Å². The van der Waals surface area contributed by atoms with Crippen LogP contribution in [0.5, 0.6) is 0 Å². The number of aromatic nitrogens is 1. The highest BCUT2D eigenvalue weighted by atomic mass is 16.5. The van der Waals surface area contributed by atoms with E-state index < -0.39 is 0 Å². The van der Waals surface area contributed by atoms with E-state index in [2.05, 4.69) is 5.16 Å². The Morgan fingerprint density at radius 3 is 2.81 bits per heavy atom. The average Bonchev–Trinajstić information content (AvgIpc) is 2.70. The van der Waals surface area contributed by atoms with Gasteiger partial charge in [0.15, 0.2) is 0 Å². The molecule has 1 aromatic heterocycles. The predicted octanol–water partition coefficient (Wildman–Crippen LogP) is 1.22. The van der Waals surface area contributed by atoms with E-state index in [9.17, 15) is 4.79 Å². The van der Waals surface area contributed by atoms with Crippen LogP contribution in [0, 0.1) is 6.92 Å². The summed E-state index contributed by atoms with van der Waals surface area (Å²) in [5.41, 5.74) is 0.706. The van der Waals surface area contributed by atoms with Crippen molar-refractivity contribution in [3.05, 3.63) is 17.5 Å². The second-order valence-electron chi connectivity index (χ2n) is 3.84. The monoisotopic (exact) mass is 226 g/mol. The summed E-state index contributed by atoms with van der Waals surface area (Å²) in [5, 5.41) is 12.3. The Morgan fingerprint density at radius 2 is 2.25 bits per heavy atom. The number of hydrogen-bond acceptors (Lipinski definition) is 4. The van der Waals surface area contributed by atoms with E-state index >= 15 is 0 Å². The Morgan fingerprint density at radius 1 is 1.50 bits per heavy atom. The molecule has 0 saturated carbocycles. The number of carbonyl (C=O) groups excluding carboxylic acids is 1. The minimum absolute atomic E-state index is 0.149. The first-order chi connectivity index (χ1) is 7.65. The van der Waals surface area contributed by atoms with E-state index in [1.165, 1.54) is 0 Å². The van der Waals surface area contributed by atoms with Crippen LogP contribution >= 0.6 is 0 Å². The molecule has 1 rings (SSSR count). The molecule has 0 aliphatic carbocycles. The Balaban J connectivity index is 2.36. The highest BCUT2D eigenvalue weighted by molar-refractivity contribution is 5.91. The van der Waals surface area contributed by atoms with Crippen LogP contribution in [-0.4, -0.2) is 41.3 Å². The summed E-state index contributed by atoms with van der Waals surface area (Å²) < 4.78 is 4.89. The smallest absolute Gasteiger partial charge is 0.292 e. The number of carbonyl (C=O) groups is 1. The molecule has 1 aromatic rings. The first kappa shape index (κ1) is 12.7. The molecule has 1 amide bonds. The summed E-state index contributed by atoms with van der Waals surface area (Å²) in [7, 11) is 1.74. The third-order valence-corrected chi connectivity index (χ3v) is 2.34. The summed E-state index contributed by atoms with van der Waals surface area (Å²) in [6.07, 6.45) is 2.59. The number of aliphatic hydroxyl groups is 1. The van der Waals surface area contributed by atoms with Crippen LogP contribution in [0.4, 0.5) is 0 Å². The number of nitrogens with zero attached hydrogens (tertiary/aromatic N) is 2. The molecule has 5 nitrogen and oxygen atoms in total. The van der Waals surface area contributed by atoms with Gasteiger partial charge in [-0.1, -0.05) is 5.16 Å². The minimum atomic E-state index is -0.149. The summed E-state index contributed by atoms with van der Waals surface area (Å²) in [6.45, 7) is 2.65. The summed E-state index contributed by atoms with van der Waals surface area (Å²) >= 11 is 0. The maximum atomic E-state index is 11.8. The maximum absolute atomic E-state index is 11.8. The third-order valence-electron chi connectivity index (χ3n) is 2.34. The average molecular weight is 226 g/mol. The second kappa shape index (κ2) is 6.27. The van der Waals surface area contributed by atoms with E-state index in [4.69, 9.17) is 9.63 Å². The van der Waals surface area contributed by atoms with Crippen LogP contribution in [0.15, 0.2) is 10.6 Å². The molecular formula is C11H18N2O3. The van der Waals surface area contributed by atoms with Crippen molar-refractivity contribution in [2.45, 2.75) is 26.2 Å². The van der Waals surface area contributed by atoms with Gasteiger partial charge in [-0.2, -0.15) is 0 Å². The van der Waals surface area contributed by atoms with Crippen molar-refractivity contribution in [3.63, 3.8) is 0 Å². The van der Waals surface area contributed by atoms with E-state index in [0.717, 1.165) is 19.3 Å². The highest BCUT2D eigenvalue weighted by Gasteiger charge is 2.15. The van der Waals surface area contributed by atoms with Crippen molar-refractivity contribution < 1.29 is 14.4 Å². The van der Waals surface area contributed by atoms with Crippen molar-refractivity contribution in [3.8, 4) is 0 Å². The molecule has 0 radical (unpaired) electrons. The quantitative estimate of drug-likeness (QED) is 0.740. The fraction of sp³-hybridized carbons (Fsp3) is 0.636. The van der Waals surface area contributed by atoms with Crippen LogP contribution in [0.3, 0.4) is 0 Å². The number of aryl methyl sites for hydroxylation is 1. The Bertz CT molecular complexity index is 336. The van der Waals surface area contributed by atoms with Crippen LogP contribution in [-0.2, 0) is 0 Å². The van der Waals surface area contributed by atoms with E-state index in [1.807, 2.05) is 0 Å². The molecule has 16 heavy (non-hydrogen) atoms. The molecule has 0 spiro atoms. The molecular weight excluding hydrogens is 208 g/mol. The van der Waals surface area contributed by atoms with Crippen LogP contribution in [0.25, 0.3) is 0 Å². The van der Waals surface area contributed by atoms with Gasteiger partial charge in [0, 0.05) is 26.3 Å². The van der Waals surface area contributed by atoms with Crippen molar-refractivity contribution in [1.29, 1.82) is 0 Å². The molecule has 5 heteroatoms. The SMILES string of the molecule is Cc1cc(C(=O)N(C)CCCCCO)on1.